The van der Waals surface area contributed by atoms with Crippen LogP contribution in [0, 0.1) is 0 Å². The standard InChI is InChI=1S/C19H30N2O4/c1-6-7-19(24-5)21-15-8-9-18(17(10-15)14(4)22)25-12-16(23)11-20-13(2)3/h8-10,13,16,20,23H,6-7,11-12H2,1-5H3. The molecule has 1 aromatic carbocycles. The summed E-state index contributed by atoms with van der Waals surface area (Å²) in [6.45, 7) is 8.09. The SMILES string of the molecule is CCCC(=Nc1ccc(OCC(O)CNC(C)C)c(C(C)=O)c1)OC. The number of aliphatic imine (C=N–C) groups is 1. The lowest BCUT2D eigenvalue weighted by molar-refractivity contribution is 0.0968. The number of nitrogens with zero attached hydrogens (tertiary/aromatic N) is 1. The van der Waals surface area contributed by atoms with E-state index >= 15 is 0 Å². The minimum absolute atomic E-state index is 0.113. The lowest BCUT2D eigenvalue weighted by Gasteiger charge is -2.16. The number of carbonyl (C=O) groups excluding carboxylic acids is 1. The van der Waals surface area contributed by atoms with Gasteiger partial charge in [0.05, 0.1) is 18.4 Å². The maximum atomic E-state index is 11.9. The Labute approximate surface area is 150 Å². The van der Waals surface area contributed by atoms with Gasteiger partial charge in [-0.25, -0.2) is 4.99 Å². The van der Waals surface area contributed by atoms with Crippen LogP contribution in [0.1, 0.15) is 50.9 Å². The summed E-state index contributed by atoms with van der Waals surface area (Å²) in [4.78, 5) is 16.3. The first kappa shape index (κ1) is 21.1. The number of aliphatic hydroxyl groups excluding tert-OH is 1. The first-order valence-electron chi connectivity index (χ1n) is 8.68. The van der Waals surface area contributed by atoms with Crippen LogP contribution in [0.15, 0.2) is 23.2 Å². The van der Waals surface area contributed by atoms with Crippen molar-refractivity contribution in [3.05, 3.63) is 23.8 Å². The first-order valence-corrected chi connectivity index (χ1v) is 8.68. The fraction of sp³-hybridized carbons (Fsp3) is 0.579. The normalized spacial score (nSPS) is 13.0. The van der Waals surface area contributed by atoms with E-state index in [0.717, 1.165) is 12.8 Å². The van der Waals surface area contributed by atoms with Crippen LogP contribution in [0.5, 0.6) is 5.75 Å². The molecule has 2 N–H and O–H groups in total. The van der Waals surface area contributed by atoms with Crippen molar-refractivity contribution in [1.29, 1.82) is 0 Å². The van der Waals surface area contributed by atoms with E-state index in [4.69, 9.17) is 9.47 Å². The zero-order valence-electron chi connectivity index (χ0n) is 15.8. The molecule has 140 valence electrons. The number of aliphatic hydroxyl groups is 1. The van der Waals surface area contributed by atoms with Crippen molar-refractivity contribution in [3.63, 3.8) is 0 Å². The average Bonchev–Trinajstić information content (AvgIpc) is 2.58. The van der Waals surface area contributed by atoms with Gasteiger partial charge in [0.2, 0.25) is 0 Å². The molecule has 1 rings (SSSR count). The Bertz CT molecular complexity index is 585. The zero-order valence-corrected chi connectivity index (χ0v) is 15.8. The molecule has 0 saturated heterocycles. The first-order chi connectivity index (χ1) is 11.9. The maximum absolute atomic E-state index is 11.9. The van der Waals surface area contributed by atoms with E-state index in [9.17, 15) is 9.90 Å². The van der Waals surface area contributed by atoms with Crippen molar-refractivity contribution in [3.8, 4) is 5.75 Å². The predicted molar refractivity (Wildman–Crippen MR) is 100 cm³/mol. The molecular formula is C19H30N2O4. The van der Waals surface area contributed by atoms with E-state index in [1.54, 1.807) is 25.3 Å². The van der Waals surface area contributed by atoms with Crippen molar-refractivity contribution in [2.24, 2.45) is 4.99 Å². The Balaban J connectivity index is 2.86. The van der Waals surface area contributed by atoms with Gasteiger partial charge in [0.25, 0.3) is 0 Å². The Hall–Kier alpha value is -1.92. The lowest BCUT2D eigenvalue weighted by Crippen LogP contribution is -2.35. The minimum atomic E-state index is -0.649. The van der Waals surface area contributed by atoms with Gasteiger partial charge >= 0.3 is 0 Å². The van der Waals surface area contributed by atoms with Gasteiger partial charge in [-0.1, -0.05) is 20.8 Å². The van der Waals surface area contributed by atoms with E-state index in [2.05, 4.69) is 10.3 Å². The Morgan fingerprint density at radius 3 is 2.64 bits per heavy atom. The van der Waals surface area contributed by atoms with Crippen molar-refractivity contribution < 1.29 is 19.4 Å². The second-order valence-corrected chi connectivity index (χ2v) is 6.22. The zero-order chi connectivity index (χ0) is 18.8. The van der Waals surface area contributed by atoms with Crippen LogP contribution < -0.4 is 10.1 Å². The quantitative estimate of drug-likeness (QED) is 0.385. The van der Waals surface area contributed by atoms with Crippen LogP contribution in [-0.2, 0) is 4.74 Å². The summed E-state index contributed by atoms with van der Waals surface area (Å²) in [5.74, 6) is 0.960. The smallest absolute Gasteiger partial charge is 0.188 e. The second-order valence-electron chi connectivity index (χ2n) is 6.22. The van der Waals surface area contributed by atoms with Gasteiger partial charge in [-0.15, -0.1) is 0 Å². The van der Waals surface area contributed by atoms with Crippen molar-refractivity contribution in [1.82, 2.24) is 5.32 Å². The third kappa shape index (κ3) is 7.67. The molecule has 1 aromatic rings. The minimum Gasteiger partial charge on any atom is -0.490 e. The van der Waals surface area contributed by atoms with E-state index < -0.39 is 6.10 Å². The molecule has 0 bridgehead atoms. The van der Waals surface area contributed by atoms with E-state index in [1.807, 2.05) is 20.8 Å². The number of Topliss-reactive ketones (excluding diaryl/α,β-unsaturated/α-hetero) is 1. The third-order valence-corrected chi connectivity index (χ3v) is 3.49. The third-order valence-electron chi connectivity index (χ3n) is 3.49. The number of rotatable bonds is 10. The summed E-state index contributed by atoms with van der Waals surface area (Å²) in [5, 5.41) is 13.1. The highest BCUT2D eigenvalue weighted by atomic mass is 16.5. The highest BCUT2D eigenvalue weighted by molar-refractivity contribution is 5.98. The van der Waals surface area contributed by atoms with Gasteiger partial charge in [-0.3, -0.25) is 4.79 Å². The number of benzene rings is 1. The summed E-state index contributed by atoms with van der Waals surface area (Å²) < 4.78 is 10.9. The molecule has 6 heteroatoms. The maximum Gasteiger partial charge on any atom is 0.188 e. The van der Waals surface area contributed by atoms with Crippen LogP contribution >= 0.6 is 0 Å². The van der Waals surface area contributed by atoms with Crippen LogP contribution in [0.25, 0.3) is 0 Å². The van der Waals surface area contributed by atoms with Gasteiger partial charge in [-0.05, 0) is 31.5 Å². The number of ether oxygens (including phenoxy) is 2. The summed E-state index contributed by atoms with van der Waals surface area (Å²) in [7, 11) is 1.59. The molecule has 0 spiro atoms. The molecule has 25 heavy (non-hydrogen) atoms. The van der Waals surface area contributed by atoms with Crippen molar-refractivity contribution in [2.75, 3.05) is 20.3 Å². The molecule has 1 unspecified atom stereocenters. The molecular weight excluding hydrogens is 320 g/mol. The van der Waals surface area contributed by atoms with E-state index in [0.29, 0.717) is 29.4 Å². The second kappa shape index (κ2) is 10.8. The largest absolute Gasteiger partial charge is 0.490 e. The average molecular weight is 350 g/mol. The number of nitrogens with one attached hydrogen (secondary N) is 1. The summed E-state index contributed by atoms with van der Waals surface area (Å²) in [5.41, 5.74) is 1.09. The molecule has 0 amide bonds. The Kier molecular flexibility index (Phi) is 9.16. The molecule has 0 radical (unpaired) electrons. The van der Waals surface area contributed by atoms with Crippen LogP contribution in [0.2, 0.25) is 0 Å². The predicted octanol–water partition coefficient (Wildman–Crippen LogP) is 3.10. The molecule has 0 aliphatic rings. The number of carbonyl (C=O) groups is 1. The summed E-state index contributed by atoms with van der Waals surface area (Å²) in [6, 6.07) is 5.45. The van der Waals surface area contributed by atoms with Gasteiger partial charge in [0, 0.05) is 19.0 Å². The van der Waals surface area contributed by atoms with Crippen molar-refractivity contribution in [2.45, 2.75) is 52.7 Å². The Morgan fingerprint density at radius 2 is 2.08 bits per heavy atom. The summed E-state index contributed by atoms with van der Waals surface area (Å²) >= 11 is 0. The van der Waals surface area contributed by atoms with Gasteiger partial charge < -0.3 is 19.9 Å². The van der Waals surface area contributed by atoms with Crippen molar-refractivity contribution >= 4 is 17.4 Å². The fourth-order valence-electron chi connectivity index (χ4n) is 2.17. The number of methoxy groups -OCH3 is 1. The molecule has 1 atom stereocenters. The molecule has 0 heterocycles. The molecule has 0 fully saturated rings. The number of hydrogen-bond acceptors (Lipinski definition) is 6. The number of hydrogen-bond donors (Lipinski definition) is 2. The van der Waals surface area contributed by atoms with Gasteiger partial charge in [0.15, 0.2) is 11.7 Å². The number of ketones is 1. The van der Waals surface area contributed by atoms with Gasteiger partial charge in [-0.2, -0.15) is 0 Å². The summed E-state index contributed by atoms with van der Waals surface area (Å²) in [6.07, 6.45) is 1.01. The topological polar surface area (TPSA) is 80.2 Å². The molecule has 0 aromatic heterocycles. The lowest BCUT2D eigenvalue weighted by atomic mass is 10.1. The highest BCUT2D eigenvalue weighted by Crippen LogP contribution is 2.26. The molecule has 6 nitrogen and oxygen atoms in total. The monoisotopic (exact) mass is 350 g/mol. The van der Waals surface area contributed by atoms with Crippen LogP contribution in [0.4, 0.5) is 5.69 Å². The van der Waals surface area contributed by atoms with Gasteiger partial charge in [0.1, 0.15) is 18.5 Å². The molecule has 0 aliphatic carbocycles. The fourth-order valence-corrected chi connectivity index (χ4v) is 2.17. The van der Waals surface area contributed by atoms with E-state index in [-0.39, 0.29) is 18.4 Å². The van der Waals surface area contributed by atoms with Crippen LogP contribution in [-0.4, -0.2) is 49.2 Å². The molecule has 0 aliphatic heterocycles. The van der Waals surface area contributed by atoms with E-state index in [1.165, 1.54) is 6.92 Å². The molecule has 0 saturated carbocycles. The van der Waals surface area contributed by atoms with Crippen LogP contribution in [0.3, 0.4) is 0 Å². The Morgan fingerprint density at radius 1 is 1.36 bits per heavy atom. The highest BCUT2D eigenvalue weighted by Gasteiger charge is 2.13.